The lowest BCUT2D eigenvalue weighted by molar-refractivity contribution is -0.384. The van der Waals surface area contributed by atoms with Crippen LogP contribution < -0.4 is 21.5 Å². The number of aromatic nitrogens is 1. The normalized spacial score (nSPS) is 15.8. The van der Waals surface area contributed by atoms with E-state index in [0.717, 1.165) is 42.3 Å². The Morgan fingerprint density at radius 1 is 1.07 bits per heavy atom. The number of anilines is 2. The van der Waals surface area contributed by atoms with Gasteiger partial charge in [0.15, 0.2) is 0 Å². The van der Waals surface area contributed by atoms with Gasteiger partial charge in [-0.25, -0.2) is 0 Å². The molecule has 0 unspecified atom stereocenters. The summed E-state index contributed by atoms with van der Waals surface area (Å²) >= 11 is 0. The Balaban J connectivity index is 1.98. The highest BCUT2D eigenvalue weighted by molar-refractivity contribution is 6.23. The van der Waals surface area contributed by atoms with E-state index in [9.17, 15) is 24.5 Å². The highest BCUT2D eigenvalue weighted by Gasteiger charge is 2.33. The van der Waals surface area contributed by atoms with Crippen LogP contribution in [0.3, 0.4) is 0 Å². The first-order valence-corrected chi connectivity index (χ1v) is 8.33. The second-order valence-corrected chi connectivity index (χ2v) is 6.40. The SMILES string of the molecule is Nc1c2c(cc(=O)n1-c1cc(N3CCCC3)ccc1[N+](=O)[O-])C(=O)NC2=O. The topological polar surface area (TPSA) is 141 Å². The summed E-state index contributed by atoms with van der Waals surface area (Å²) in [5, 5.41) is 13.6. The number of pyridine rings is 1. The van der Waals surface area contributed by atoms with Gasteiger partial charge in [-0.05, 0) is 25.0 Å². The molecule has 0 saturated carbocycles. The Labute approximate surface area is 152 Å². The van der Waals surface area contributed by atoms with Crippen LogP contribution in [0.2, 0.25) is 0 Å². The molecule has 1 aromatic carbocycles. The Kier molecular flexibility index (Phi) is 3.69. The maximum absolute atomic E-state index is 12.6. The van der Waals surface area contributed by atoms with Crippen LogP contribution in [0.25, 0.3) is 5.69 Å². The summed E-state index contributed by atoms with van der Waals surface area (Å²) in [6.45, 7) is 1.62. The molecule has 0 atom stereocenters. The predicted octanol–water partition coefficient (Wildman–Crippen LogP) is 0.812. The number of benzene rings is 1. The highest BCUT2D eigenvalue weighted by atomic mass is 16.6. The van der Waals surface area contributed by atoms with E-state index in [4.69, 9.17) is 5.73 Å². The first-order chi connectivity index (χ1) is 12.9. The molecule has 4 rings (SSSR count). The number of rotatable bonds is 3. The fourth-order valence-electron chi connectivity index (χ4n) is 3.55. The van der Waals surface area contributed by atoms with Gasteiger partial charge in [0.05, 0.1) is 16.1 Å². The van der Waals surface area contributed by atoms with Crippen molar-refractivity contribution in [3.05, 3.63) is 55.9 Å². The van der Waals surface area contributed by atoms with Gasteiger partial charge in [-0.15, -0.1) is 0 Å². The van der Waals surface area contributed by atoms with Crippen molar-refractivity contribution in [2.75, 3.05) is 23.7 Å². The number of nitrogen functional groups attached to an aromatic ring is 1. The van der Waals surface area contributed by atoms with E-state index in [-0.39, 0.29) is 28.3 Å². The zero-order valence-corrected chi connectivity index (χ0v) is 14.1. The van der Waals surface area contributed by atoms with E-state index < -0.39 is 22.3 Å². The highest BCUT2D eigenvalue weighted by Crippen LogP contribution is 2.32. The molecule has 2 amide bonds. The molecule has 1 aromatic heterocycles. The Morgan fingerprint density at radius 3 is 2.44 bits per heavy atom. The standard InChI is InChI=1S/C17H15N5O5/c18-15-14-10(16(24)19-17(14)25)8-13(23)21(15)12-7-9(20-5-1-2-6-20)3-4-11(12)22(26)27/h3-4,7-8H,1-2,5-6,18H2,(H,19,24,25). The Bertz CT molecular complexity index is 1070. The van der Waals surface area contributed by atoms with Gasteiger partial charge in [0.25, 0.3) is 23.1 Å². The Hall–Kier alpha value is -3.69. The molecule has 0 spiro atoms. The summed E-state index contributed by atoms with van der Waals surface area (Å²) in [5.41, 5.74) is 5.36. The molecule has 2 aliphatic heterocycles. The zero-order valence-electron chi connectivity index (χ0n) is 14.1. The smallest absolute Gasteiger partial charge is 0.293 e. The van der Waals surface area contributed by atoms with E-state index in [2.05, 4.69) is 10.2 Å². The van der Waals surface area contributed by atoms with Crippen molar-refractivity contribution in [3.63, 3.8) is 0 Å². The van der Waals surface area contributed by atoms with Crippen molar-refractivity contribution in [1.29, 1.82) is 0 Å². The maximum atomic E-state index is 12.6. The zero-order chi connectivity index (χ0) is 19.3. The minimum atomic E-state index is -0.736. The molecule has 0 radical (unpaired) electrons. The number of hydrogen-bond acceptors (Lipinski definition) is 7. The molecule has 27 heavy (non-hydrogen) atoms. The number of nitro benzene ring substituents is 1. The summed E-state index contributed by atoms with van der Waals surface area (Å²) in [4.78, 5) is 49.4. The number of amides is 2. The number of nitrogens with one attached hydrogen (secondary N) is 1. The number of imide groups is 1. The van der Waals surface area contributed by atoms with Gasteiger partial charge in [0.1, 0.15) is 11.5 Å². The van der Waals surface area contributed by atoms with Gasteiger partial charge in [-0.2, -0.15) is 0 Å². The monoisotopic (exact) mass is 369 g/mol. The van der Waals surface area contributed by atoms with Crippen LogP contribution in [0, 0.1) is 10.1 Å². The van der Waals surface area contributed by atoms with E-state index in [0.29, 0.717) is 0 Å². The number of carbonyl (C=O) groups excluding carboxylic acids is 2. The van der Waals surface area contributed by atoms with Gasteiger partial charge in [-0.3, -0.25) is 34.4 Å². The van der Waals surface area contributed by atoms with Crippen LogP contribution >= 0.6 is 0 Å². The van der Waals surface area contributed by atoms with E-state index in [1.165, 1.54) is 12.1 Å². The minimum absolute atomic E-state index is 0.0400. The number of fused-ring (bicyclic) bond motifs is 1. The molecule has 3 heterocycles. The lowest BCUT2D eigenvalue weighted by atomic mass is 10.1. The first-order valence-electron chi connectivity index (χ1n) is 8.33. The lowest BCUT2D eigenvalue weighted by Gasteiger charge is -2.19. The van der Waals surface area contributed by atoms with E-state index in [1.54, 1.807) is 6.07 Å². The summed E-state index contributed by atoms with van der Waals surface area (Å²) in [5.74, 6) is -1.76. The second-order valence-electron chi connectivity index (χ2n) is 6.40. The summed E-state index contributed by atoms with van der Waals surface area (Å²) in [6.07, 6.45) is 2.02. The first kappa shape index (κ1) is 16.8. The average Bonchev–Trinajstić information content (AvgIpc) is 3.23. The molecule has 0 aliphatic carbocycles. The van der Waals surface area contributed by atoms with Crippen LogP contribution in [0.1, 0.15) is 33.6 Å². The van der Waals surface area contributed by atoms with Crippen LogP contribution in [-0.4, -0.2) is 34.4 Å². The quantitative estimate of drug-likeness (QED) is 0.463. The van der Waals surface area contributed by atoms with Crippen LogP contribution in [0.5, 0.6) is 0 Å². The summed E-state index contributed by atoms with van der Waals surface area (Å²) in [6, 6.07) is 5.42. The van der Waals surface area contributed by atoms with E-state index in [1.807, 2.05) is 0 Å². The van der Waals surface area contributed by atoms with Gasteiger partial charge in [0.2, 0.25) is 0 Å². The van der Waals surface area contributed by atoms with Gasteiger partial charge in [-0.1, -0.05) is 0 Å². The summed E-state index contributed by atoms with van der Waals surface area (Å²) < 4.78 is 0.911. The number of hydrogen-bond donors (Lipinski definition) is 2. The molecular weight excluding hydrogens is 354 g/mol. The predicted molar refractivity (Wildman–Crippen MR) is 96.3 cm³/mol. The lowest BCUT2D eigenvalue weighted by Crippen LogP contribution is -2.25. The molecule has 138 valence electrons. The molecule has 0 bridgehead atoms. The van der Waals surface area contributed by atoms with Crippen LogP contribution in [-0.2, 0) is 0 Å². The molecule has 2 aliphatic rings. The van der Waals surface area contributed by atoms with Crippen molar-refractivity contribution in [1.82, 2.24) is 9.88 Å². The number of nitrogens with zero attached hydrogens (tertiary/aromatic N) is 3. The minimum Gasteiger partial charge on any atom is -0.384 e. The molecule has 2 aromatic rings. The van der Waals surface area contributed by atoms with Crippen molar-refractivity contribution in [2.45, 2.75) is 12.8 Å². The fraction of sp³-hybridized carbons (Fsp3) is 0.235. The number of nitro groups is 1. The second kappa shape index (κ2) is 5.94. The molecule has 1 fully saturated rings. The van der Waals surface area contributed by atoms with Gasteiger partial charge < -0.3 is 10.6 Å². The number of nitrogens with two attached hydrogens (primary N) is 1. The third-order valence-electron chi connectivity index (χ3n) is 4.82. The molecule has 10 nitrogen and oxygen atoms in total. The summed E-state index contributed by atoms with van der Waals surface area (Å²) in [7, 11) is 0. The maximum Gasteiger partial charge on any atom is 0.293 e. The molecule has 1 saturated heterocycles. The number of carbonyl (C=O) groups is 2. The van der Waals surface area contributed by atoms with Crippen molar-refractivity contribution >= 4 is 29.0 Å². The van der Waals surface area contributed by atoms with Crippen LogP contribution in [0.15, 0.2) is 29.1 Å². The van der Waals surface area contributed by atoms with Gasteiger partial charge >= 0.3 is 0 Å². The van der Waals surface area contributed by atoms with Crippen molar-refractivity contribution < 1.29 is 14.5 Å². The van der Waals surface area contributed by atoms with Crippen molar-refractivity contribution in [3.8, 4) is 5.69 Å². The van der Waals surface area contributed by atoms with Crippen molar-refractivity contribution in [2.24, 2.45) is 0 Å². The third kappa shape index (κ3) is 2.53. The average molecular weight is 369 g/mol. The largest absolute Gasteiger partial charge is 0.384 e. The molecular formula is C17H15N5O5. The van der Waals surface area contributed by atoms with E-state index >= 15 is 0 Å². The van der Waals surface area contributed by atoms with Crippen LogP contribution in [0.4, 0.5) is 17.2 Å². The molecule has 3 N–H and O–H groups in total. The molecule has 10 heteroatoms. The fourth-order valence-corrected chi connectivity index (χ4v) is 3.55. The van der Waals surface area contributed by atoms with Gasteiger partial charge in [0, 0.05) is 30.9 Å². The Morgan fingerprint density at radius 2 is 1.78 bits per heavy atom. The third-order valence-corrected chi connectivity index (χ3v) is 4.82.